The number of aromatic hydroxyl groups is 1. The standard InChI is InChI=1S/C15H16Cl2N2O3/c1-8-4-9-7-18(2-3-19(9)14(8)21)15(22)11-5-10(20)6-12(16)13(11)17/h5-6,8-9,20H,2-4,7H2,1H3. The molecule has 1 aromatic carbocycles. The quantitative estimate of drug-likeness (QED) is 0.852. The molecule has 0 bridgehead atoms. The zero-order valence-electron chi connectivity index (χ0n) is 12.1. The molecule has 0 radical (unpaired) electrons. The Morgan fingerprint density at radius 3 is 2.77 bits per heavy atom. The van der Waals surface area contributed by atoms with Crippen molar-refractivity contribution in [3.05, 3.63) is 27.7 Å². The lowest BCUT2D eigenvalue weighted by Gasteiger charge is -2.37. The van der Waals surface area contributed by atoms with Crippen LogP contribution in [0, 0.1) is 5.92 Å². The van der Waals surface area contributed by atoms with E-state index in [1.54, 1.807) is 4.90 Å². The van der Waals surface area contributed by atoms with Gasteiger partial charge in [-0.25, -0.2) is 0 Å². The zero-order chi connectivity index (χ0) is 16.0. The molecule has 5 nitrogen and oxygen atoms in total. The number of hydrogen-bond acceptors (Lipinski definition) is 3. The Labute approximate surface area is 138 Å². The Balaban J connectivity index is 1.81. The molecule has 1 aromatic rings. The molecule has 0 saturated carbocycles. The van der Waals surface area contributed by atoms with E-state index in [0.29, 0.717) is 19.6 Å². The van der Waals surface area contributed by atoms with Crippen molar-refractivity contribution in [2.75, 3.05) is 19.6 Å². The Hall–Kier alpha value is -1.46. The van der Waals surface area contributed by atoms with E-state index in [9.17, 15) is 14.7 Å². The first kappa shape index (κ1) is 15.4. The maximum atomic E-state index is 12.6. The van der Waals surface area contributed by atoms with Crippen molar-refractivity contribution in [3.8, 4) is 5.75 Å². The third-order valence-electron chi connectivity index (χ3n) is 4.34. The minimum Gasteiger partial charge on any atom is -0.508 e. The summed E-state index contributed by atoms with van der Waals surface area (Å²) < 4.78 is 0. The van der Waals surface area contributed by atoms with E-state index in [0.717, 1.165) is 6.42 Å². The molecular weight excluding hydrogens is 327 g/mol. The first-order valence-electron chi connectivity index (χ1n) is 7.16. The number of phenolic OH excluding ortho intramolecular Hbond substituents is 1. The van der Waals surface area contributed by atoms with Gasteiger partial charge < -0.3 is 14.9 Å². The normalized spacial score (nSPS) is 24.6. The van der Waals surface area contributed by atoms with Gasteiger partial charge in [0.1, 0.15) is 5.75 Å². The molecule has 0 aliphatic carbocycles. The van der Waals surface area contributed by atoms with E-state index in [2.05, 4.69) is 0 Å². The van der Waals surface area contributed by atoms with Gasteiger partial charge in [-0.1, -0.05) is 30.1 Å². The van der Waals surface area contributed by atoms with Crippen molar-refractivity contribution in [3.63, 3.8) is 0 Å². The fourth-order valence-corrected chi connectivity index (χ4v) is 3.63. The van der Waals surface area contributed by atoms with Gasteiger partial charge in [-0.2, -0.15) is 0 Å². The van der Waals surface area contributed by atoms with Gasteiger partial charge in [-0.05, 0) is 12.5 Å². The van der Waals surface area contributed by atoms with Gasteiger partial charge in [0.15, 0.2) is 0 Å². The predicted octanol–water partition coefficient (Wildman–Crippen LogP) is 2.39. The van der Waals surface area contributed by atoms with Crippen molar-refractivity contribution in [1.29, 1.82) is 0 Å². The molecule has 2 heterocycles. The number of amides is 2. The minimum atomic E-state index is -0.269. The van der Waals surface area contributed by atoms with Crippen LogP contribution in [0.15, 0.2) is 12.1 Å². The van der Waals surface area contributed by atoms with Crippen LogP contribution in [0.1, 0.15) is 23.7 Å². The lowest BCUT2D eigenvalue weighted by molar-refractivity contribution is -0.132. The lowest BCUT2D eigenvalue weighted by atomic mass is 10.1. The molecular formula is C15H16Cl2N2O3. The van der Waals surface area contributed by atoms with Crippen LogP contribution in [0.25, 0.3) is 0 Å². The monoisotopic (exact) mass is 342 g/mol. The molecule has 22 heavy (non-hydrogen) atoms. The number of phenols is 1. The van der Waals surface area contributed by atoms with Crippen molar-refractivity contribution >= 4 is 35.0 Å². The van der Waals surface area contributed by atoms with Gasteiger partial charge in [-0.3, -0.25) is 9.59 Å². The van der Waals surface area contributed by atoms with E-state index in [1.807, 2.05) is 11.8 Å². The summed E-state index contributed by atoms with van der Waals surface area (Å²) in [5, 5.41) is 9.91. The summed E-state index contributed by atoms with van der Waals surface area (Å²) >= 11 is 12.0. The second-order valence-electron chi connectivity index (χ2n) is 5.86. The number of halogens is 2. The highest BCUT2D eigenvalue weighted by molar-refractivity contribution is 6.44. The first-order chi connectivity index (χ1) is 10.4. The maximum Gasteiger partial charge on any atom is 0.255 e. The lowest BCUT2D eigenvalue weighted by Crippen LogP contribution is -2.53. The van der Waals surface area contributed by atoms with Crippen LogP contribution in [0.3, 0.4) is 0 Å². The molecule has 3 rings (SSSR count). The summed E-state index contributed by atoms with van der Waals surface area (Å²) in [6.45, 7) is 3.39. The predicted molar refractivity (Wildman–Crippen MR) is 83.3 cm³/mol. The van der Waals surface area contributed by atoms with Crippen LogP contribution < -0.4 is 0 Å². The summed E-state index contributed by atoms with van der Waals surface area (Å²) in [4.78, 5) is 28.1. The van der Waals surface area contributed by atoms with Crippen LogP contribution in [0.4, 0.5) is 0 Å². The molecule has 2 saturated heterocycles. The maximum absolute atomic E-state index is 12.6. The van der Waals surface area contributed by atoms with Crippen LogP contribution in [0.5, 0.6) is 5.75 Å². The van der Waals surface area contributed by atoms with Crippen LogP contribution in [-0.2, 0) is 4.79 Å². The summed E-state index contributed by atoms with van der Waals surface area (Å²) in [7, 11) is 0. The number of hydrogen-bond donors (Lipinski definition) is 1. The topological polar surface area (TPSA) is 60.9 Å². The number of piperazine rings is 1. The third kappa shape index (κ3) is 2.52. The van der Waals surface area contributed by atoms with E-state index >= 15 is 0 Å². The fourth-order valence-electron chi connectivity index (χ4n) is 3.22. The molecule has 2 aliphatic heterocycles. The smallest absolute Gasteiger partial charge is 0.255 e. The van der Waals surface area contributed by atoms with Gasteiger partial charge in [0.2, 0.25) is 5.91 Å². The number of benzene rings is 1. The largest absolute Gasteiger partial charge is 0.508 e. The Morgan fingerprint density at radius 1 is 1.32 bits per heavy atom. The highest BCUT2D eigenvalue weighted by Crippen LogP contribution is 2.33. The molecule has 2 fully saturated rings. The van der Waals surface area contributed by atoms with Crippen molar-refractivity contribution in [2.45, 2.75) is 19.4 Å². The summed E-state index contributed by atoms with van der Waals surface area (Å²) in [6.07, 6.45) is 0.761. The molecule has 2 aliphatic rings. The Bertz CT molecular complexity index is 650. The molecule has 0 spiro atoms. The molecule has 118 valence electrons. The summed E-state index contributed by atoms with van der Waals surface area (Å²) in [5.41, 5.74) is 0.192. The zero-order valence-corrected chi connectivity index (χ0v) is 13.6. The van der Waals surface area contributed by atoms with Crippen molar-refractivity contribution < 1.29 is 14.7 Å². The van der Waals surface area contributed by atoms with Gasteiger partial charge in [0, 0.05) is 31.6 Å². The first-order valence-corrected chi connectivity index (χ1v) is 7.92. The summed E-state index contributed by atoms with van der Waals surface area (Å²) in [5.74, 6) is -0.190. The van der Waals surface area contributed by atoms with E-state index in [-0.39, 0.29) is 45.1 Å². The molecule has 2 atom stereocenters. The van der Waals surface area contributed by atoms with Crippen LogP contribution in [0.2, 0.25) is 10.0 Å². The van der Waals surface area contributed by atoms with Gasteiger partial charge >= 0.3 is 0 Å². The van der Waals surface area contributed by atoms with Gasteiger partial charge in [-0.15, -0.1) is 0 Å². The molecule has 2 unspecified atom stereocenters. The van der Waals surface area contributed by atoms with Crippen LogP contribution >= 0.6 is 23.2 Å². The van der Waals surface area contributed by atoms with E-state index < -0.39 is 0 Å². The minimum absolute atomic E-state index is 0.0128. The van der Waals surface area contributed by atoms with Gasteiger partial charge in [0.25, 0.3) is 5.91 Å². The van der Waals surface area contributed by atoms with Crippen molar-refractivity contribution in [2.24, 2.45) is 5.92 Å². The van der Waals surface area contributed by atoms with E-state index in [1.165, 1.54) is 12.1 Å². The number of fused-ring (bicyclic) bond motifs is 1. The fraction of sp³-hybridized carbons (Fsp3) is 0.467. The molecule has 2 amide bonds. The van der Waals surface area contributed by atoms with Gasteiger partial charge in [0.05, 0.1) is 21.7 Å². The van der Waals surface area contributed by atoms with Crippen molar-refractivity contribution in [1.82, 2.24) is 9.80 Å². The van der Waals surface area contributed by atoms with E-state index in [4.69, 9.17) is 23.2 Å². The number of nitrogens with zero attached hydrogens (tertiary/aromatic N) is 2. The Kier molecular flexibility index (Phi) is 3.95. The molecule has 0 aromatic heterocycles. The second kappa shape index (κ2) is 5.63. The molecule has 1 N–H and O–H groups in total. The molecule has 7 heteroatoms. The number of carbonyl (C=O) groups excluding carboxylic acids is 2. The summed E-state index contributed by atoms with van der Waals surface area (Å²) in [6, 6.07) is 2.69. The number of rotatable bonds is 1. The Morgan fingerprint density at radius 2 is 2.05 bits per heavy atom. The van der Waals surface area contributed by atoms with Crippen LogP contribution in [-0.4, -0.2) is 52.4 Å². The third-order valence-corrected chi connectivity index (χ3v) is 5.15. The average Bonchev–Trinajstić information content (AvgIpc) is 2.76. The number of carbonyl (C=O) groups is 2. The average molecular weight is 343 g/mol. The SMILES string of the molecule is CC1CC2CN(C(=O)c3cc(O)cc(Cl)c3Cl)CCN2C1=O. The highest BCUT2D eigenvalue weighted by Gasteiger charge is 2.41. The second-order valence-corrected chi connectivity index (χ2v) is 6.65. The highest BCUT2D eigenvalue weighted by atomic mass is 35.5.